The first kappa shape index (κ1) is 12.1. The zero-order chi connectivity index (χ0) is 12.6. The SMILES string of the molecule is Cc1cc(-c2cccc(C(=O)Cl)c2Cl)n(C)n1. The number of carbonyl (C=O) groups is 1. The van der Waals surface area contributed by atoms with Gasteiger partial charge in [0.05, 0.1) is 22.0 Å². The van der Waals surface area contributed by atoms with E-state index in [2.05, 4.69) is 5.10 Å². The Hall–Kier alpha value is -1.32. The molecule has 0 atom stereocenters. The summed E-state index contributed by atoms with van der Waals surface area (Å²) < 4.78 is 1.72. The van der Waals surface area contributed by atoms with Crippen LogP contribution < -0.4 is 0 Å². The molecule has 2 rings (SSSR count). The van der Waals surface area contributed by atoms with Gasteiger partial charge in [-0.1, -0.05) is 23.7 Å². The van der Waals surface area contributed by atoms with Gasteiger partial charge in [-0.2, -0.15) is 5.10 Å². The van der Waals surface area contributed by atoms with E-state index >= 15 is 0 Å². The third kappa shape index (κ3) is 2.21. The van der Waals surface area contributed by atoms with Gasteiger partial charge in [0.2, 0.25) is 0 Å². The average molecular weight is 269 g/mol. The maximum absolute atomic E-state index is 11.2. The van der Waals surface area contributed by atoms with Gasteiger partial charge < -0.3 is 0 Å². The molecule has 1 heterocycles. The summed E-state index contributed by atoms with van der Waals surface area (Å²) in [6.45, 7) is 1.90. The molecule has 17 heavy (non-hydrogen) atoms. The third-order valence-electron chi connectivity index (χ3n) is 2.49. The Morgan fingerprint density at radius 1 is 1.41 bits per heavy atom. The Bertz CT molecular complexity index is 590. The first-order chi connectivity index (χ1) is 8.00. The number of rotatable bonds is 2. The highest BCUT2D eigenvalue weighted by molar-refractivity contribution is 6.69. The van der Waals surface area contributed by atoms with Crippen molar-refractivity contribution >= 4 is 28.4 Å². The second-order valence-corrected chi connectivity index (χ2v) is 4.46. The maximum atomic E-state index is 11.2. The van der Waals surface area contributed by atoms with Crippen LogP contribution in [0.2, 0.25) is 5.02 Å². The molecule has 0 spiro atoms. The van der Waals surface area contributed by atoms with Gasteiger partial charge in [-0.05, 0) is 30.7 Å². The van der Waals surface area contributed by atoms with Crippen molar-refractivity contribution in [2.24, 2.45) is 7.05 Å². The molecule has 2 aromatic rings. The molecule has 1 aromatic carbocycles. The van der Waals surface area contributed by atoms with Crippen LogP contribution in [0, 0.1) is 6.92 Å². The molecular weight excluding hydrogens is 259 g/mol. The van der Waals surface area contributed by atoms with Crippen LogP contribution in [0.1, 0.15) is 16.1 Å². The van der Waals surface area contributed by atoms with Gasteiger partial charge in [-0.25, -0.2) is 0 Å². The fraction of sp³-hybridized carbons (Fsp3) is 0.167. The Morgan fingerprint density at radius 3 is 2.65 bits per heavy atom. The molecular formula is C12H10Cl2N2O. The van der Waals surface area contributed by atoms with Gasteiger partial charge in [0.1, 0.15) is 0 Å². The minimum absolute atomic E-state index is 0.310. The molecule has 88 valence electrons. The molecule has 0 N–H and O–H groups in total. The van der Waals surface area contributed by atoms with Crippen molar-refractivity contribution in [1.82, 2.24) is 9.78 Å². The highest BCUT2D eigenvalue weighted by Gasteiger charge is 2.14. The highest BCUT2D eigenvalue weighted by atomic mass is 35.5. The van der Waals surface area contributed by atoms with E-state index in [1.807, 2.05) is 26.1 Å². The molecule has 0 amide bonds. The summed E-state index contributed by atoms with van der Waals surface area (Å²) in [5.41, 5.74) is 2.80. The molecule has 0 unspecified atom stereocenters. The van der Waals surface area contributed by atoms with E-state index in [9.17, 15) is 4.79 Å². The lowest BCUT2D eigenvalue weighted by Gasteiger charge is -2.06. The van der Waals surface area contributed by atoms with Crippen LogP contribution in [0.15, 0.2) is 24.3 Å². The summed E-state index contributed by atoms with van der Waals surface area (Å²) in [5, 5.41) is 4.04. The van der Waals surface area contributed by atoms with E-state index in [1.165, 1.54) is 0 Å². The largest absolute Gasteiger partial charge is 0.276 e. The summed E-state index contributed by atoms with van der Waals surface area (Å²) in [5.74, 6) is 0. The summed E-state index contributed by atoms with van der Waals surface area (Å²) in [4.78, 5) is 11.2. The number of aromatic nitrogens is 2. The van der Waals surface area contributed by atoms with Crippen molar-refractivity contribution in [3.63, 3.8) is 0 Å². The summed E-state index contributed by atoms with van der Waals surface area (Å²) >= 11 is 11.6. The molecule has 0 radical (unpaired) electrons. The molecule has 0 bridgehead atoms. The second kappa shape index (κ2) is 4.51. The first-order valence-electron chi connectivity index (χ1n) is 5.00. The van der Waals surface area contributed by atoms with Crippen LogP contribution in [0.5, 0.6) is 0 Å². The van der Waals surface area contributed by atoms with Crippen molar-refractivity contribution in [3.8, 4) is 11.3 Å². The van der Waals surface area contributed by atoms with Crippen molar-refractivity contribution < 1.29 is 4.79 Å². The standard InChI is InChI=1S/C12H10Cl2N2O/c1-7-6-10(16(2)15-7)8-4-3-5-9(11(8)13)12(14)17/h3-6H,1-2H3. The molecule has 0 fully saturated rings. The number of hydrogen-bond donors (Lipinski definition) is 0. The van der Waals surface area contributed by atoms with Crippen LogP contribution >= 0.6 is 23.2 Å². The predicted octanol–water partition coefficient (Wildman–Crippen LogP) is 3.43. The Labute approximate surface area is 109 Å². The molecule has 1 aromatic heterocycles. The van der Waals surface area contributed by atoms with Gasteiger partial charge in [0.25, 0.3) is 5.24 Å². The fourth-order valence-electron chi connectivity index (χ4n) is 1.74. The zero-order valence-electron chi connectivity index (χ0n) is 9.37. The van der Waals surface area contributed by atoms with Gasteiger partial charge in [-0.3, -0.25) is 9.48 Å². The molecule has 3 nitrogen and oxygen atoms in total. The molecule has 5 heteroatoms. The first-order valence-corrected chi connectivity index (χ1v) is 5.75. The van der Waals surface area contributed by atoms with Crippen LogP contribution in [0.4, 0.5) is 0 Å². The second-order valence-electron chi connectivity index (χ2n) is 3.74. The number of aryl methyl sites for hydroxylation is 2. The third-order valence-corrected chi connectivity index (χ3v) is 3.10. The van der Waals surface area contributed by atoms with E-state index in [0.717, 1.165) is 17.0 Å². The lowest BCUT2D eigenvalue weighted by atomic mass is 10.1. The number of halogens is 2. The number of nitrogens with zero attached hydrogens (tertiary/aromatic N) is 2. The monoisotopic (exact) mass is 268 g/mol. The van der Waals surface area contributed by atoms with Gasteiger partial charge in [0, 0.05) is 12.6 Å². The predicted molar refractivity (Wildman–Crippen MR) is 68.6 cm³/mol. The van der Waals surface area contributed by atoms with Crippen molar-refractivity contribution in [2.45, 2.75) is 6.92 Å². The van der Waals surface area contributed by atoms with Crippen molar-refractivity contribution in [2.75, 3.05) is 0 Å². The van der Waals surface area contributed by atoms with Crippen molar-refractivity contribution in [1.29, 1.82) is 0 Å². The van der Waals surface area contributed by atoms with Crippen LogP contribution in [0.25, 0.3) is 11.3 Å². The minimum atomic E-state index is -0.559. The molecule has 0 saturated carbocycles. The summed E-state index contributed by atoms with van der Waals surface area (Å²) in [6.07, 6.45) is 0. The zero-order valence-corrected chi connectivity index (χ0v) is 10.9. The van der Waals surface area contributed by atoms with Gasteiger partial charge in [-0.15, -0.1) is 0 Å². The summed E-state index contributed by atoms with van der Waals surface area (Å²) in [6, 6.07) is 7.09. The Morgan fingerprint density at radius 2 is 2.12 bits per heavy atom. The van der Waals surface area contributed by atoms with Crippen LogP contribution in [-0.4, -0.2) is 15.0 Å². The summed E-state index contributed by atoms with van der Waals surface area (Å²) in [7, 11) is 1.83. The van der Waals surface area contributed by atoms with E-state index in [0.29, 0.717) is 10.6 Å². The van der Waals surface area contributed by atoms with E-state index in [-0.39, 0.29) is 0 Å². The van der Waals surface area contributed by atoms with E-state index in [4.69, 9.17) is 23.2 Å². The average Bonchev–Trinajstić information content (AvgIpc) is 2.57. The van der Waals surface area contributed by atoms with Crippen LogP contribution in [-0.2, 0) is 7.05 Å². The Balaban J connectivity index is 2.64. The van der Waals surface area contributed by atoms with Crippen LogP contribution in [0.3, 0.4) is 0 Å². The highest BCUT2D eigenvalue weighted by Crippen LogP contribution is 2.31. The topological polar surface area (TPSA) is 34.9 Å². The minimum Gasteiger partial charge on any atom is -0.276 e. The number of carbonyl (C=O) groups excluding carboxylic acids is 1. The lowest BCUT2D eigenvalue weighted by Crippen LogP contribution is -1.97. The van der Waals surface area contributed by atoms with Gasteiger partial charge in [0.15, 0.2) is 0 Å². The van der Waals surface area contributed by atoms with E-state index < -0.39 is 5.24 Å². The quantitative estimate of drug-likeness (QED) is 0.783. The van der Waals surface area contributed by atoms with E-state index in [1.54, 1.807) is 16.8 Å². The molecule has 0 aliphatic heterocycles. The van der Waals surface area contributed by atoms with Gasteiger partial charge >= 0.3 is 0 Å². The van der Waals surface area contributed by atoms with Crippen molar-refractivity contribution in [3.05, 3.63) is 40.5 Å². The maximum Gasteiger partial charge on any atom is 0.253 e. The molecule has 0 aliphatic carbocycles. The normalized spacial score (nSPS) is 10.6. The molecule has 0 aliphatic rings. The number of hydrogen-bond acceptors (Lipinski definition) is 2. The molecule has 0 saturated heterocycles. The lowest BCUT2D eigenvalue weighted by molar-refractivity contribution is 0.108. The Kier molecular flexibility index (Phi) is 3.22. The number of benzene rings is 1. The smallest absolute Gasteiger partial charge is 0.253 e. The fourth-order valence-corrected chi connectivity index (χ4v) is 2.26.